The molecule has 4 aliphatic rings. The van der Waals surface area contributed by atoms with Gasteiger partial charge in [-0.05, 0) is 18.3 Å². The van der Waals surface area contributed by atoms with Crippen molar-refractivity contribution in [2.24, 2.45) is 16.7 Å². The number of fused-ring (bicyclic) bond motifs is 1. The van der Waals surface area contributed by atoms with E-state index in [1.165, 1.54) is 4.31 Å². The highest BCUT2D eigenvalue weighted by atomic mass is 32.2. The lowest BCUT2D eigenvalue weighted by Gasteiger charge is -2.41. The van der Waals surface area contributed by atoms with Crippen molar-refractivity contribution in [3.05, 3.63) is 0 Å². The highest BCUT2D eigenvalue weighted by molar-refractivity contribution is 7.89. The van der Waals surface area contributed by atoms with Crippen molar-refractivity contribution in [3.8, 4) is 0 Å². The Morgan fingerprint density at radius 1 is 1.39 bits per heavy atom. The summed E-state index contributed by atoms with van der Waals surface area (Å²) in [5, 5.41) is 0. The summed E-state index contributed by atoms with van der Waals surface area (Å²) < 4.78 is 31.9. The molecule has 6 heteroatoms. The molecule has 0 aromatic heterocycles. The molecule has 4 fully saturated rings. The van der Waals surface area contributed by atoms with Crippen LogP contribution in [0.4, 0.5) is 0 Å². The van der Waals surface area contributed by atoms with Gasteiger partial charge in [0.2, 0.25) is 15.7 Å². The summed E-state index contributed by atoms with van der Waals surface area (Å²) >= 11 is 0. The third-order valence-electron chi connectivity index (χ3n) is 5.98. The average Bonchev–Trinajstić information content (AvgIpc) is 2.86. The van der Waals surface area contributed by atoms with E-state index in [9.17, 15) is 13.2 Å². The Labute approximate surface area is 107 Å². The maximum atomic E-state index is 12.7. The summed E-state index contributed by atoms with van der Waals surface area (Å²) in [6.07, 6.45) is 1.59. The second-order valence-electron chi connectivity index (χ2n) is 6.58. The summed E-state index contributed by atoms with van der Waals surface area (Å²) in [6, 6.07) is 0. The SMILES string of the molecule is CC1(C)[C@@H]2CC[C@]13CS(=O)(=O)N1CCO[C@]13C2=O. The van der Waals surface area contributed by atoms with Gasteiger partial charge >= 0.3 is 0 Å². The van der Waals surface area contributed by atoms with Gasteiger partial charge in [-0.3, -0.25) is 4.79 Å². The number of ether oxygens (including phenoxy) is 1. The smallest absolute Gasteiger partial charge is 0.217 e. The van der Waals surface area contributed by atoms with E-state index in [1.807, 2.05) is 13.8 Å². The molecule has 0 radical (unpaired) electrons. The van der Waals surface area contributed by atoms with Crippen LogP contribution in [0.15, 0.2) is 0 Å². The van der Waals surface area contributed by atoms with Crippen LogP contribution >= 0.6 is 0 Å². The number of carbonyl (C=O) groups excluding carboxylic acids is 1. The normalized spacial score (nSPS) is 51.7. The van der Waals surface area contributed by atoms with E-state index in [-0.39, 0.29) is 22.9 Å². The minimum Gasteiger partial charge on any atom is -0.350 e. The van der Waals surface area contributed by atoms with Crippen LogP contribution in [0.2, 0.25) is 0 Å². The van der Waals surface area contributed by atoms with Gasteiger partial charge in [0, 0.05) is 17.9 Å². The number of nitrogens with zero attached hydrogens (tertiary/aromatic N) is 1. The molecule has 4 rings (SSSR count). The number of ketones is 1. The Kier molecular flexibility index (Phi) is 1.70. The summed E-state index contributed by atoms with van der Waals surface area (Å²) in [4.78, 5) is 12.7. The maximum Gasteiger partial charge on any atom is 0.217 e. The third kappa shape index (κ3) is 0.789. The standard InChI is InChI=1S/C12H17NO4S/c1-10(2)8-3-4-11(10)7-18(15,16)13-5-6-17-12(11,13)9(8)14/h8H,3-7H2,1-2H3/t8-,11+,12+/m1/s1. The molecule has 2 saturated carbocycles. The molecule has 0 N–H and O–H groups in total. The molecular formula is C12H17NO4S. The Morgan fingerprint density at radius 3 is 2.83 bits per heavy atom. The molecule has 2 spiro atoms. The molecule has 2 bridgehead atoms. The molecule has 5 nitrogen and oxygen atoms in total. The van der Waals surface area contributed by atoms with Crippen molar-refractivity contribution < 1.29 is 17.9 Å². The first-order valence-corrected chi connectivity index (χ1v) is 8.09. The second kappa shape index (κ2) is 2.69. The van der Waals surface area contributed by atoms with Crippen molar-refractivity contribution >= 4 is 15.8 Å². The van der Waals surface area contributed by atoms with E-state index in [1.54, 1.807) is 0 Å². The number of sulfonamides is 1. The van der Waals surface area contributed by atoms with Crippen LogP contribution < -0.4 is 0 Å². The Hall–Kier alpha value is -0.460. The van der Waals surface area contributed by atoms with Gasteiger partial charge in [0.15, 0.2) is 5.78 Å². The quantitative estimate of drug-likeness (QED) is 0.638. The van der Waals surface area contributed by atoms with Crippen molar-refractivity contribution in [1.82, 2.24) is 4.31 Å². The first-order chi connectivity index (χ1) is 8.30. The third-order valence-corrected chi connectivity index (χ3v) is 7.95. The molecule has 2 aliphatic carbocycles. The number of carbonyl (C=O) groups is 1. The molecule has 3 atom stereocenters. The van der Waals surface area contributed by atoms with Gasteiger partial charge in [0.05, 0.1) is 12.4 Å². The van der Waals surface area contributed by atoms with Crippen molar-refractivity contribution in [3.63, 3.8) is 0 Å². The monoisotopic (exact) mass is 271 g/mol. The zero-order valence-electron chi connectivity index (χ0n) is 10.6. The van der Waals surface area contributed by atoms with Crippen LogP contribution in [0.1, 0.15) is 26.7 Å². The van der Waals surface area contributed by atoms with Crippen LogP contribution in [0.3, 0.4) is 0 Å². The fourth-order valence-electron chi connectivity index (χ4n) is 5.10. The Morgan fingerprint density at radius 2 is 2.11 bits per heavy atom. The minimum absolute atomic E-state index is 0.0114. The van der Waals surface area contributed by atoms with E-state index in [2.05, 4.69) is 0 Å². The molecule has 0 aromatic carbocycles. The zero-order valence-corrected chi connectivity index (χ0v) is 11.4. The lowest BCUT2D eigenvalue weighted by Crippen LogP contribution is -2.56. The average molecular weight is 271 g/mol. The lowest BCUT2D eigenvalue weighted by molar-refractivity contribution is -0.165. The molecule has 0 unspecified atom stereocenters. The maximum absolute atomic E-state index is 12.7. The predicted octanol–water partition coefficient (Wildman–Crippen LogP) is 0.364. The predicted molar refractivity (Wildman–Crippen MR) is 63.1 cm³/mol. The van der Waals surface area contributed by atoms with Crippen LogP contribution in [0, 0.1) is 16.7 Å². The summed E-state index contributed by atoms with van der Waals surface area (Å²) in [6.45, 7) is 4.75. The molecule has 2 aliphatic heterocycles. The van der Waals surface area contributed by atoms with Crippen LogP contribution in [-0.4, -0.2) is 43.1 Å². The highest BCUT2D eigenvalue weighted by Crippen LogP contribution is 2.74. The number of Topliss-reactive ketones (excluding diaryl/α,β-unsaturated/α-hetero) is 1. The molecule has 18 heavy (non-hydrogen) atoms. The highest BCUT2D eigenvalue weighted by Gasteiger charge is 2.85. The van der Waals surface area contributed by atoms with Crippen LogP contribution in [0.25, 0.3) is 0 Å². The van der Waals surface area contributed by atoms with E-state index in [0.29, 0.717) is 13.2 Å². The van der Waals surface area contributed by atoms with E-state index >= 15 is 0 Å². The van der Waals surface area contributed by atoms with Crippen molar-refractivity contribution in [2.45, 2.75) is 32.4 Å². The van der Waals surface area contributed by atoms with Gasteiger partial charge in [-0.2, -0.15) is 4.31 Å². The molecule has 100 valence electrons. The van der Waals surface area contributed by atoms with Crippen molar-refractivity contribution in [1.29, 1.82) is 0 Å². The van der Waals surface area contributed by atoms with Crippen molar-refractivity contribution in [2.75, 3.05) is 18.9 Å². The van der Waals surface area contributed by atoms with Crippen LogP contribution in [-0.2, 0) is 19.6 Å². The van der Waals surface area contributed by atoms with E-state index in [4.69, 9.17) is 4.74 Å². The topological polar surface area (TPSA) is 63.7 Å². The summed E-state index contributed by atoms with van der Waals surface area (Å²) in [5.74, 6) is 0.0424. The van der Waals surface area contributed by atoms with E-state index in [0.717, 1.165) is 12.8 Å². The summed E-state index contributed by atoms with van der Waals surface area (Å²) in [5.41, 5.74) is -1.97. The zero-order chi connectivity index (χ0) is 13.0. The fourth-order valence-corrected chi connectivity index (χ4v) is 7.65. The Bertz CT molecular complexity index is 569. The Balaban J connectivity index is 2.06. The van der Waals surface area contributed by atoms with Gasteiger partial charge in [-0.1, -0.05) is 13.8 Å². The number of hydrogen-bond donors (Lipinski definition) is 0. The minimum atomic E-state index is -3.35. The number of rotatable bonds is 0. The second-order valence-corrected chi connectivity index (χ2v) is 8.47. The first-order valence-electron chi connectivity index (χ1n) is 6.48. The summed E-state index contributed by atoms with van der Waals surface area (Å²) in [7, 11) is -3.35. The molecule has 2 heterocycles. The van der Waals surface area contributed by atoms with Gasteiger partial charge in [-0.25, -0.2) is 8.42 Å². The fraction of sp³-hybridized carbons (Fsp3) is 0.917. The van der Waals surface area contributed by atoms with E-state index < -0.39 is 21.2 Å². The van der Waals surface area contributed by atoms with Gasteiger partial charge in [0.25, 0.3) is 0 Å². The van der Waals surface area contributed by atoms with Crippen LogP contribution in [0.5, 0.6) is 0 Å². The lowest BCUT2D eigenvalue weighted by atomic mass is 9.67. The largest absolute Gasteiger partial charge is 0.350 e. The molecule has 0 amide bonds. The molecule has 2 saturated heterocycles. The van der Waals surface area contributed by atoms with Gasteiger partial charge in [0.1, 0.15) is 0 Å². The molecular weight excluding hydrogens is 254 g/mol. The van der Waals surface area contributed by atoms with Gasteiger partial charge in [-0.15, -0.1) is 0 Å². The first kappa shape index (κ1) is 11.4. The molecule has 0 aromatic rings. The van der Waals surface area contributed by atoms with Gasteiger partial charge < -0.3 is 4.74 Å². The number of hydrogen-bond acceptors (Lipinski definition) is 4.